The second-order valence-electron chi connectivity index (χ2n) is 4.04. The van der Waals surface area contributed by atoms with Crippen molar-refractivity contribution in [3.8, 4) is 5.75 Å². The summed E-state index contributed by atoms with van der Waals surface area (Å²) >= 11 is 6.71. The van der Waals surface area contributed by atoms with Gasteiger partial charge in [-0.1, -0.05) is 15.9 Å². The van der Waals surface area contributed by atoms with Crippen LogP contribution in [0.5, 0.6) is 5.75 Å². The molecule has 2 aromatic carbocycles. The van der Waals surface area contributed by atoms with Crippen LogP contribution in [0.25, 0.3) is 0 Å². The number of nitrogen functional groups attached to an aromatic ring is 1. The minimum atomic E-state index is -0.212. The van der Waals surface area contributed by atoms with Crippen LogP contribution in [0.2, 0.25) is 0 Å². The molecule has 2 rings (SSSR count). The molecule has 2 aromatic rings. The van der Waals surface area contributed by atoms with Crippen molar-refractivity contribution in [2.75, 3.05) is 18.2 Å². The first-order valence-corrected chi connectivity index (χ1v) is 7.30. The number of nitrogens with one attached hydrogen (secondary N) is 1. The highest BCUT2D eigenvalue weighted by atomic mass is 79.9. The smallest absolute Gasteiger partial charge is 0.256 e. The topological polar surface area (TPSA) is 64.3 Å². The van der Waals surface area contributed by atoms with Crippen molar-refractivity contribution in [2.45, 2.75) is 0 Å². The zero-order valence-corrected chi connectivity index (χ0v) is 13.8. The van der Waals surface area contributed by atoms with Gasteiger partial charge in [0.15, 0.2) is 0 Å². The molecule has 0 atom stereocenters. The summed E-state index contributed by atoms with van der Waals surface area (Å²) in [7, 11) is 1.53. The molecule has 20 heavy (non-hydrogen) atoms. The molecule has 0 aliphatic carbocycles. The van der Waals surface area contributed by atoms with E-state index in [0.29, 0.717) is 27.2 Å². The van der Waals surface area contributed by atoms with Crippen molar-refractivity contribution in [2.24, 2.45) is 0 Å². The molecule has 6 heteroatoms. The van der Waals surface area contributed by atoms with E-state index in [1.54, 1.807) is 24.3 Å². The van der Waals surface area contributed by atoms with Gasteiger partial charge in [0, 0.05) is 20.7 Å². The molecule has 0 saturated carbocycles. The van der Waals surface area contributed by atoms with Gasteiger partial charge in [-0.2, -0.15) is 0 Å². The molecular weight excluding hydrogens is 388 g/mol. The maximum absolute atomic E-state index is 12.2. The zero-order valence-electron chi connectivity index (χ0n) is 10.6. The van der Waals surface area contributed by atoms with Gasteiger partial charge in [-0.25, -0.2) is 0 Å². The minimum Gasteiger partial charge on any atom is -0.495 e. The van der Waals surface area contributed by atoms with Gasteiger partial charge >= 0.3 is 0 Å². The highest BCUT2D eigenvalue weighted by Crippen LogP contribution is 2.27. The van der Waals surface area contributed by atoms with Crippen molar-refractivity contribution < 1.29 is 9.53 Å². The first-order valence-electron chi connectivity index (χ1n) is 5.71. The van der Waals surface area contributed by atoms with E-state index in [9.17, 15) is 4.79 Å². The van der Waals surface area contributed by atoms with Crippen LogP contribution < -0.4 is 15.8 Å². The fraction of sp³-hybridized carbons (Fsp3) is 0.0714. The SMILES string of the molecule is COc1cc(NC(=O)c2ccc(Br)cc2Br)ccc1N. The third-order valence-electron chi connectivity index (χ3n) is 2.67. The summed E-state index contributed by atoms with van der Waals surface area (Å²) in [5.74, 6) is 0.314. The van der Waals surface area contributed by atoms with Gasteiger partial charge in [0.1, 0.15) is 5.75 Å². The highest BCUT2D eigenvalue weighted by molar-refractivity contribution is 9.11. The molecule has 0 radical (unpaired) electrons. The highest BCUT2D eigenvalue weighted by Gasteiger charge is 2.11. The van der Waals surface area contributed by atoms with Gasteiger partial charge in [-0.15, -0.1) is 0 Å². The maximum atomic E-state index is 12.2. The number of carbonyl (C=O) groups excluding carboxylic acids is 1. The summed E-state index contributed by atoms with van der Waals surface area (Å²) in [6.45, 7) is 0. The van der Waals surface area contributed by atoms with Crippen LogP contribution in [0.15, 0.2) is 45.3 Å². The Morgan fingerprint density at radius 2 is 1.95 bits per heavy atom. The normalized spacial score (nSPS) is 10.2. The Balaban J connectivity index is 2.23. The molecule has 0 aromatic heterocycles. The van der Waals surface area contributed by atoms with E-state index in [2.05, 4.69) is 37.2 Å². The van der Waals surface area contributed by atoms with Crippen LogP contribution >= 0.6 is 31.9 Å². The molecule has 0 saturated heterocycles. The van der Waals surface area contributed by atoms with Gasteiger partial charge in [0.25, 0.3) is 5.91 Å². The molecule has 0 aliphatic rings. The van der Waals surface area contributed by atoms with Gasteiger partial charge in [-0.3, -0.25) is 4.79 Å². The van der Waals surface area contributed by atoms with Gasteiger partial charge < -0.3 is 15.8 Å². The molecular formula is C14H12Br2N2O2. The Labute approximate surface area is 133 Å². The number of halogens is 2. The average molecular weight is 400 g/mol. The Hall–Kier alpha value is -1.53. The van der Waals surface area contributed by atoms with E-state index in [1.165, 1.54) is 7.11 Å². The number of methoxy groups -OCH3 is 1. The van der Waals surface area contributed by atoms with Crippen molar-refractivity contribution in [1.82, 2.24) is 0 Å². The lowest BCUT2D eigenvalue weighted by Crippen LogP contribution is -2.12. The number of benzene rings is 2. The molecule has 0 fully saturated rings. The number of hydrogen-bond acceptors (Lipinski definition) is 3. The standard InChI is InChI=1S/C14H12Br2N2O2/c1-20-13-7-9(3-5-12(13)17)18-14(19)10-4-2-8(15)6-11(10)16/h2-7H,17H2,1H3,(H,18,19). The number of ether oxygens (including phenoxy) is 1. The summed E-state index contributed by atoms with van der Waals surface area (Å²) in [4.78, 5) is 12.2. The van der Waals surface area contributed by atoms with Gasteiger partial charge in [0.2, 0.25) is 0 Å². The molecule has 104 valence electrons. The molecule has 0 aliphatic heterocycles. The fourth-order valence-corrected chi connectivity index (χ4v) is 2.89. The van der Waals surface area contributed by atoms with Crippen molar-refractivity contribution >= 4 is 49.1 Å². The van der Waals surface area contributed by atoms with E-state index in [-0.39, 0.29) is 5.91 Å². The summed E-state index contributed by atoms with van der Waals surface area (Å²) in [5, 5.41) is 2.80. The molecule has 0 heterocycles. The van der Waals surface area contributed by atoms with Crippen LogP contribution in [-0.2, 0) is 0 Å². The van der Waals surface area contributed by atoms with Crippen molar-refractivity contribution in [3.63, 3.8) is 0 Å². The number of nitrogens with two attached hydrogens (primary N) is 1. The maximum Gasteiger partial charge on any atom is 0.256 e. The number of hydrogen-bond donors (Lipinski definition) is 2. The predicted octanol–water partition coefficient (Wildman–Crippen LogP) is 4.05. The summed E-state index contributed by atoms with van der Waals surface area (Å²) in [6, 6.07) is 10.5. The van der Waals surface area contributed by atoms with Crippen molar-refractivity contribution in [3.05, 3.63) is 50.9 Å². The molecule has 0 unspecified atom stereocenters. The quantitative estimate of drug-likeness (QED) is 0.765. The lowest BCUT2D eigenvalue weighted by Gasteiger charge is -2.10. The summed E-state index contributed by atoms with van der Waals surface area (Å²) in [6.07, 6.45) is 0. The van der Waals surface area contributed by atoms with E-state index in [0.717, 1.165) is 4.47 Å². The Morgan fingerprint density at radius 1 is 1.20 bits per heavy atom. The predicted molar refractivity (Wildman–Crippen MR) is 87.2 cm³/mol. The van der Waals surface area contributed by atoms with Crippen LogP contribution in [0.1, 0.15) is 10.4 Å². The van der Waals surface area contributed by atoms with Crippen LogP contribution in [-0.4, -0.2) is 13.0 Å². The van der Waals surface area contributed by atoms with Crippen LogP contribution in [0.3, 0.4) is 0 Å². The number of rotatable bonds is 3. The first-order chi connectivity index (χ1) is 9.51. The second-order valence-corrected chi connectivity index (χ2v) is 5.81. The molecule has 3 N–H and O–H groups in total. The number of carbonyl (C=O) groups is 1. The molecule has 1 amide bonds. The van der Waals surface area contributed by atoms with Crippen LogP contribution in [0, 0.1) is 0 Å². The first kappa shape index (κ1) is 14.9. The summed E-state index contributed by atoms with van der Waals surface area (Å²) < 4.78 is 6.73. The molecule has 0 bridgehead atoms. The average Bonchev–Trinajstić information content (AvgIpc) is 2.40. The number of anilines is 2. The van der Waals surface area contributed by atoms with E-state index in [4.69, 9.17) is 10.5 Å². The molecule has 0 spiro atoms. The lowest BCUT2D eigenvalue weighted by molar-refractivity contribution is 0.102. The van der Waals surface area contributed by atoms with E-state index >= 15 is 0 Å². The monoisotopic (exact) mass is 398 g/mol. The minimum absolute atomic E-state index is 0.212. The third-order valence-corrected chi connectivity index (χ3v) is 3.82. The van der Waals surface area contributed by atoms with E-state index in [1.807, 2.05) is 12.1 Å². The van der Waals surface area contributed by atoms with E-state index < -0.39 is 0 Å². The number of amides is 1. The van der Waals surface area contributed by atoms with Crippen LogP contribution in [0.4, 0.5) is 11.4 Å². The Bertz CT molecular complexity index is 660. The third kappa shape index (κ3) is 3.32. The second kappa shape index (κ2) is 6.28. The molecule has 4 nitrogen and oxygen atoms in total. The lowest BCUT2D eigenvalue weighted by atomic mass is 10.2. The van der Waals surface area contributed by atoms with Crippen molar-refractivity contribution in [1.29, 1.82) is 0 Å². The zero-order chi connectivity index (χ0) is 14.7. The fourth-order valence-electron chi connectivity index (χ4n) is 1.66. The Kier molecular flexibility index (Phi) is 4.67. The largest absolute Gasteiger partial charge is 0.495 e. The van der Waals surface area contributed by atoms with Gasteiger partial charge in [0.05, 0.1) is 18.4 Å². The Morgan fingerprint density at radius 3 is 2.60 bits per heavy atom. The summed E-state index contributed by atoms with van der Waals surface area (Å²) in [5.41, 5.74) is 7.42. The van der Waals surface area contributed by atoms with Gasteiger partial charge in [-0.05, 0) is 46.3 Å².